The first-order valence-corrected chi connectivity index (χ1v) is 7.11. The Labute approximate surface area is 115 Å². The molecule has 1 aliphatic heterocycles. The molecule has 0 radical (unpaired) electrons. The Morgan fingerprint density at radius 3 is 2.83 bits per heavy atom. The van der Waals surface area contributed by atoms with Crippen molar-refractivity contribution in [2.45, 2.75) is 46.2 Å². The molecule has 0 spiro atoms. The van der Waals surface area contributed by atoms with Crippen LogP contribution >= 0.6 is 11.6 Å². The molecule has 0 bridgehead atoms. The summed E-state index contributed by atoms with van der Waals surface area (Å²) in [7, 11) is 0. The highest BCUT2D eigenvalue weighted by molar-refractivity contribution is 6.30. The number of rotatable bonds is 5. The highest BCUT2D eigenvalue weighted by Gasteiger charge is 2.17. The van der Waals surface area contributed by atoms with Crippen LogP contribution in [0.25, 0.3) is 0 Å². The van der Waals surface area contributed by atoms with Crippen molar-refractivity contribution in [3.63, 3.8) is 0 Å². The molecule has 1 aromatic rings. The average molecular weight is 268 g/mol. The van der Waals surface area contributed by atoms with Gasteiger partial charge in [-0.1, -0.05) is 25.4 Å². The number of hydrogen-bond acceptors (Lipinski definition) is 2. The molecule has 100 valence electrons. The van der Waals surface area contributed by atoms with E-state index in [4.69, 9.17) is 16.3 Å². The van der Waals surface area contributed by atoms with Crippen LogP contribution in [-0.4, -0.2) is 12.6 Å². The number of ether oxygens (including phenoxy) is 1. The molecule has 0 saturated carbocycles. The molecule has 2 nitrogen and oxygen atoms in total. The Morgan fingerprint density at radius 1 is 1.33 bits per heavy atom. The maximum absolute atomic E-state index is 6.14. The minimum atomic E-state index is 0.515. The minimum Gasteiger partial charge on any atom is -0.493 e. The first-order valence-electron chi connectivity index (χ1n) is 6.73. The number of fused-ring (bicyclic) bond motifs is 1. The maximum atomic E-state index is 6.14. The molecule has 1 heterocycles. The number of nitrogens with one attached hydrogen (secondary N) is 1. The first-order chi connectivity index (χ1) is 8.56. The van der Waals surface area contributed by atoms with E-state index in [2.05, 4.69) is 26.1 Å². The third-order valence-electron chi connectivity index (χ3n) is 3.29. The summed E-state index contributed by atoms with van der Waals surface area (Å²) < 4.78 is 5.70. The Hall–Kier alpha value is -0.730. The summed E-state index contributed by atoms with van der Waals surface area (Å²) in [6.45, 7) is 8.34. The molecule has 3 heteroatoms. The fraction of sp³-hybridized carbons (Fsp3) is 0.600. The predicted octanol–water partition coefficient (Wildman–Crippen LogP) is 3.80. The van der Waals surface area contributed by atoms with Gasteiger partial charge in [-0.05, 0) is 37.0 Å². The second-order valence-electron chi connectivity index (χ2n) is 5.56. The molecule has 1 aliphatic rings. The normalized spacial score (nSPS) is 15.6. The van der Waals surface area contributed by atoms with Crippen molar-refractivity contribution < 1.29 is 4.74 Å². The van der Waals surface area contributed by atoms with E-state index in [0.717, 1.165) is 30.3 Å². The minimum absolute atomic E-state index is 0.515. The Balaban J connectivity index is 2.01. The summed E-state index contributed by atoms with van der Waals surface area (Å²) in [5.41, 5.74) is 2.43. The lowest BCUT2D eigenvalue weighted by atomic mass is 10.0. The Bertz CT molecular complexity index is 417. The predicted molar refractivity (Wildman–Crippen MR) is 76.4 cm³/mol. The molecule has 0 saturated heterocycles. The van der Waals surface area contributed by atoms with Gasteiger partial charge >= 0.3 is 0 Å². The van der Waals surface area contributed by atoms with Crippen molar-refractivity contribution in [2.75, 3.05) is 6.61 Å². The van der Waals surface area contributed by atoms with Crippen molar-refractivity contribution in [2.24, 2.45) is 5.92 Å². The van der Waals surface area contributed by atoms with Crippen molar-refractivity contribution in [1.29, 1.82) is 0 Å². The van der Waals surface area contributed by atoms with E-state index < -0.39 is 0 Å². The van der Waals surface area contributed by atoms with E-state index in [0.29, 0.717) is 12.0 Å². The van der Waals surface area contributed by atoms with Crippen molar-refractivity contribution in [1.82, 2.24) is 5.32 Å². The van der Waals surface area contributed by atoms with Crippen LogP contribution in [0.1, 0.15) is 38.3 Å². The molecule has 1 aromatic carbocycles. The second-order valence-corrected chi connectivity index (χ2v) is 6.00. The fourth-order valence-electron chi connectivity index (χ4n) is 2.55. The third-order valence-corrected chi connectivity index (χ3v) is 3.51. The molecule has 2 rings (SSSR count). The summed E-state index contributed by atoms with van der Waals surface area (Å²) in [5, 5.41) is 4.36. The van der Waals surface area contributed by atoms with Gasteiger partial charge in [-0.15, -0.1) is 0 Å². The fourth-order valence-corrected chi connectivity index (χ4v) is 2.82. The maximum Gasteiger partial charge on any atom is 0.127 e. The standard InChI is InChI=1S/C15H22ClNO/c1-10(2)6-11(3)17-9-13-8-14(16)7-12-4-5-18-15(12)13/h7-8,10-11,17H,4-6,9H2,1-3H3. The smallest absolute Gasteiger partial charge is 0.127 e. The summed E-state index contributed by atoms with van der Waals surface area (Å²) >= 11 is 6.14. The molecule has 1 atom stereocenters. The lowest BCUT2D eigenvalue weighted by molar-refractivity contribution is 0.350. The van der Waals surface area contributed by atoms with E-state index in [1.165, 1.54) is 17.5 Å². The lowest BCUT2D eigenvalue weighted by Gasteiger charge is -2.17. The largest absolute Gasteiger partial charge is 0.493 e. The van der Waals surface area contributed by atoms with Crippen LogP contribution in [-0.2, 0) is 13.0 Å². The van der Waals surface area contributed by atoms with Crippen LogP contribution < -0.4 is 10.1 Å². The van der Waals surface area contributed by atoms with Gasteiger partial charge in [0.1, 0.15) is 5.75 Å². The number of halogens is 1. The van der Waals surface area contributed by atoms with Gasteiger partial charge in [-0.25, -0.2) is 0 Å². The number of hydrogen-bond donors (Lipinski definition) is 1. The van der Waals surface area contributed by atoms with Crippen LogP contribution in [0.3, 0.4) is 0 Å². The number of benzene rings is 1. The lowest BCUT2D eigenvalue weighted by Crippen LogP contribution is -2.27. The van der Waals surface area contributed by atoms with Crippen LogP contribution in [0, 0.1) is 5.92 Å². The monoisotopic (exact) mass is 267 g/mol. The molecule has 0 fully saturated rings. The Kier molecular flexibility index (Phi) is 4.52. The van der Waals surface area contributed by atoms with Crippen LogP contribution in [0.5, 0.6) is 5.75 Å². The van der Waals surface area contributed by atoms with Crippen molar-refractivity contribution in [3.05, 3.63) is 28.3 Å². The highest BCUT2D eigenvalue weighted by atomic mass is 35.5. The van der Waals surface area contributed by atoms with Gasteiger partial charge in [0.05, 0.1) is 6.61 Å². The molecule has 0 aliphatic carbocycles. The molecule has 0 amide bonds. The second kappa shape index (κ2) is 5.94. The molecule has 0 aromatic heterocycles. The van der Waals surface area contributed by atoms with Crippen LogP contribution in [0.15, 0.2) is 12.1 Å². The van der Waals surface area contributed by atoms with Crippen LogP contribution in [0.4, 0.5) is 0 Å². The van der Waals surface area contributed by atoms with E-state index >= 15 is 0 Å². The molecule has 1 unspecified atom stereocenters. The van der Waals surface area contributed by atoms with Crippen molar-refractivity contribution in [3.8, 4) is 5.75 Å². The van der Waals surface area contributed by atoms with Gasteiger partial charge in [0, 0.05) is 29.6 Å². The summed E-state index contributed by atoms with van der Waals surface area (Å²) in [6.07, 6.45) is 2.16. The van der Waals surface area contributed by atoms with Gasteiger partial charge in [-0.2, -0.15) is 0 Å². The zero-order valence-corrected chi connectivity index (χ0v) is 12.2. The van der Waals surface area contributed by atoms with Crippen molar-refractivity contribution >= 4 is 11.6 Å². The summed E-state index contributed by atoms with van der Waals surface area (Å²) in [5.74, 6) is 1.76. The topological polar surface area (TPSA) is 21.3 Å². The van der Waals surface area contributed by atoms with Gasteiger partial charge < -0.3 is 10.1 Å². The summed E-state index contributed by atoms with van der Waals surface area (Å²) in [4.78, 5) is 0. The van der Waals surface area contributed by atoms with Crippen LogP contribution in [0.2, 0.25) is 5.02 Å². The van der Waals surface area contributed by atoms with E-state index in [1.54, 1.807) is 0 Å². The van der Waals surface area contributed by atoms with Gasteiger partial charge in [0.25, 0.3) is 0 Å². The van der Waals surface area contributed by atoms with E-state index in [9.17, 15) is 0 Å². The molecule has 18 heavy (non-hydrogen) atoms. The molecular formula is C15H22ClNO. The average Bonchev–Trinajstić information content (AvgIpc) is 2.72. The van der Waals surface area contributed by atoms with Gasteiger partial charge in [-0.3, -0.25) is 0 Å². The quantitative estimate of drug-likeness (QED) is 0.876. The third kappa shape index (κ3) is 3.39. The molecule has 1 N–H and O–H groups in total. The molecular weight excluding hydrogens is 246 g/mol. The first kappa shape index (κ1) is 13.7. The SMILES string of the molecule is CC(C)CC(C)NCc1cc(Cl)cc2c1OCC2. The zero-order valence-electron chi connectivity index (χ0n) is 11.4. The Morgan fingerprint density at radius 2 is 2.11 bits per heavy atom. The van der Waals surface area contributed by atoms with E-state index in [1.807, 2.05) is 12.1 Å². The highest BCUT2D eigenvalue weighted by Crippen LogP contribution is 2.32. The summed E-state index contributed by atoms with van der Waals surface area (Å²) in [6, 6.07) is 4.55. The van der Waals surface area contributed by atoms with Gasteiger partial charge in [0.2, 0.25) is 0 Å². The van der Waals surface area contributed by atoms with E-state index in [-0.39, 0.29) is 0 Å². The van der Waals surface area contributed by atoms with Gasteiger partial charge in [0.15, 0.2) is 0 Å². The zero-order chi connectivity index (χ0) is 13.1.